The van der Waals surface area contributed by atoms with E-state index in [-0.39, 0.29) is 22.5 Å². The predicted octanol–water partition coefficient (Wildman–Crippen LogP) is 2.23. The molecule has 2 aromatic carbocycles. The Balaban J connectivity index is 2.31. The molecule has 0 saturated carbocycles. The number of nitro groups is 1. The van der Waals surface area contributed by atoms with Crippen molar-refractivity contribution in [1.82, 2.24) is 0 Å². The average Bonchev–Trinajstić information content (AvgIpc) is 2.47. The third-order valence-electron chi connectivity index (χ3n) is 2.96. The number of para-hydroxylation sites is 2. The second kappa shape index (κ2) is 6.44. The molecule has 0 unspecified atom stereocenters. The quantitative estimate of drug-likeness (QED) is 0.615. The molecule has 0 aromatic heterocycles. The topological polar surface area (TPSA) is 127 Å². The summed E-state index contributed by atoms with van der Waals surface area (Å²) < 4.78 is 26.5. The van der Waals surface area contributed by atoms with Crippen molar-refractivity contribution in [2.24, 2.45) is 0 Å². The van der Waals surface area contributed by atoms with Crippen molar-refractivity contribution in [1.29, 1.82) is 0 Å². The van der Waals surface area contributed by atoms with E-state index in [2.05, 4.69) is 4.72 Å². The summed E-state index contributed by atoms with van der Waals surface area (Å²) in [5, 5.41) is 20.0. The molecule has 0 aliphatic rings. The summed E-state index contributed by atoms with van der Waals surface area (Å²) in [5.74, 6) is -1.92. The molecule has 0 saturated heterocycles. The van der Waals surface area contributed by atoms with Gasteiger partial charge >= 0.3 is 5.97 Å². The summed E-state index contributed by atoms with van der Waals surface area (Å²) in [7, 11) is -4.02. The van der Waals surface area contributed by atoms with Crippen LogP contribution in [0.5, 0.6) is 0 Å². The van der Waals surface area contributed by atoms with Crippen molar-refractivity contribution >= 4 is 27.4 Å². The van der Waals surface area contributed by atoms with Crippen LogP contribution in [0.25, 0.3) is 0 Å². The van der Waals surface area contributed by atoms with Gasteiger partial charge in [0, 0.05) is 11.6 Å². The van der Waals surface area contributed by atoms with Crippen LogP contribution in [0.4, 0.5) is 11.4 Å². The lowest BCUT2D eigenvalue weighted by Crippen LogP contribution is -2.17. The largest absolute Gasteiger partial charge is 0.478 e. The van der Waals surface area contributed by atoms with E-state index in [1.165, 1.54) is 48.5 Å². The van der Waals surface area contributed by atoms with Gasteiger partial charge in [0.1, 0.15) is 5.75 Å². The molecular weight excluding hydrogens is 324 g/mol. The zero-order chi connectivity index (χ0) is 17.0. The van der Waals surface area contributed by atoms with Crippen molar-refractivity contribution in [3.05, 3.63) is 69.8 Å². The number of carboxylic acid groups (broad SMARTS) is 1. The van der Waals surface area contributed by atoms with Crippen LogP contribution in [0.1, 0.15) is 15.9 Å². The minimum absolute atomic E-state index is 0.0119. The molecule has 0 fully saturated rings. The van der Waals surface area contributed by atoms with Crippen LogP contribution in [0.3, 0.4) is 0 Å². The molecule has 0 radical (unpaired) electrons. The molecule has 0 spiro atoms. The highest BCUT2D eigenvalue weighted by Gasteiger charge is 2.21. The lowest BCUT2D eigenvalue weighted by molar-refractivity contribution is -0.385. The molecule has 2 aromatic rings. The summed E-state index contributed by atoms with van der Waals surface area (Å²) >= 11 is 0. The Morgan fingerprint density at radius 2 is 1.74 bits per heavy atom. The number of hydrogen-bond donors (Lipinski definition) is 2. The van der Waals surface area contributed by atoms with E-state index in [0.717, 1.165) is 0 Å². The molecule has 0 bridgehead atoms. The first-order chi connectivity index (χ1) is 10.8. The zero-order valence-corrected chi connectivity index (χ0v) is 12.5. The molecule has 23 heavy (non-hydrogen) atoms. The van der Waals surface area contributed by atoms with Crippen molar-refractivity contribution in [2.45, 2.75) is 5.75 Å². The van der Waals surface area contributed by atoms with Gasteiger partial charge < -0.3 is 5.11 Å². The molecule has 9 heteroatoms. The second-order valence-electron chi connectivity index (χ2n) is 4.60. The maximum Gasteiger partial charge on any atom is 0.337 e. The molecule has 120 valence electrons. The van der Waals surface area contributed by atoms with Crippen LogP contribution in [0.2, 0.25) is 0 Å². The molecule has 0 heterocycles. The van der Waals surface area contributed by atoms with E-state index < -0.39 is 26.7 Å². The minimum Gasteiger partial charge on any atom is -0.478 e. The van der Waals surface area contributed by atoms with E-state index in [4.69, 9.17) is 5.11 Å². The Hall–Kier alpha value is -2.94. The molecule has 0 amide bonds. The van der Waals surface area contributed by atoms with Gasteiger partial charge in [-0.2, -0.15) is 0 Å². The van der Waals surface area contributed by atoms with Gasteiger partial charge in [-0.1, -0.05) is 30.3 Å². The summed E-state index contributed by atoms with van der Waals surface area (Å²) in [6, 6.07) is 11.0. The van der Waals surface area contributed by atoms with Crippen LogP contribution >= 0.6 is 0 Å². The molecular formula is C14H12N2O6S. The first kappa shape index (κ1) is 16.4. The van der Waals surface area contributed by atoms with Gasteiger partial charge in [-0.15, -0.1) is 0 Å². The smallest absolute Gasteiger partial charge is 0.337 e. The Bertz CT molecular complexity index is 798. The molecule has 2 rings (SSSR count). The van der Waals surface area contributed by atoms with Gasteiger partial charge in [-0.3, -0.25) is 14.8 Å². The maximum absolute atomic E-state index is 12.2. The Morgan fingerprint density at radius 1 is 1.13 bits per heavy atom. The molecule has 8 nitrogen and oxygen atoms in total. The average molecular weight is 336 g/mol. The monoisotopic (exact) mass is 336 g/mol. The lowest BCUT2D eigenvalue weighted by Gasteiger charge is -2.10. The Labute approximate surface area is 131 Å². The first-order valence-electron chi connectivity index (χ1n) is 6.35. The molecule has 0 aliphatic heterocycles. The number of hydrogen-bond acceptors (Lipinski definition) is 5. The molecule has 0 atom stereocenters. The first-order valence-corrected chi connectivity index (χ1v) is 8.00. The number of aromatic carboxylic acids is 1. The number of benzene rings is 2. The minimum atomic E-state index is -4.02. The van der Waals surface area contributed by atoms with E-state index in [1.807, 2.05) is 0 Å². The standard InChI is InChI=1S/C14H12N2O6S/c17-14(18)11-6-2-3-7-12(11)15-23(21,22)9-10-5-1-4-8-13(10)16(19)20/h1-8,15H,9H2,(H,17,18). The van der Waals surface area contributed by atoms with E-state index >= 15 is 0 Å². The molecule has 2 N–H and O–H groups in total. The van der Waals surface area contributed by atoms with Gasteiger partial charge in [0.05, 0.1) is 16.2 Å². The van der Waals surface area contributed by atoms with Crippen LogP contribution in [-0.4, -0.2) is 24.4 Å². The highest BCUT2D eigenvalue weighted by Crippen LogP contribution is 2.22. The van der Waals surface area contributed by atoms with Gasteiger partial charge in [-0.05, 0) is 12.1 Å². The van der Waals surface area contributed by atoms with Gasteiger partial charge in [0.2, 0.25) is 10.0 Å². The van der Waals surface area contributed by atoms with E-state index in [9.17, 15) is 23.3 Å². The number of nitrogens with zero attached hydrogens (tertiary/aromatic N) is 1. The highest BCUT2D eigenvalue weighted by molar-refractivity contribution is 7.91. The van der Waals surface area contributed by atoms with E-state index in [1.54, 1.807) is 0 Å². The fourth-order valence-electron chi connectivity index (χ4n) is 1.98. The summed E-state index contributed by atoms with van der Waals surface area (Å²) in [6.45, 7) is 0. The molecule has 0 aliphatic carbocycles. The summed E-state index contributed by atoms with van der Waals surface area (Å²) in [4.78, 5) is 21.3. The van der Waals surface area contributed by atoms with Crippen molar-refractivity contribution < 1.29 is 23.2 Å². The van der Waals surface area contributed by atoms with Crippen LogP contribution < -0.4 is 4.72 Å². The second-order valence-corrected chi connectivity index (χ2v) is 6.32. The lowest BCUT2D eigenvalue weighted by atomic mass is 10.2. The highest BCUT2D eigenvalue weighted by atomic mass is 32.2. The number of carboxylic acids is 1. The number of carbonyl (C=O) groups is 1. The summed E-state index contributed by atoms with van der Waals surface area (Å²) in [6.07, 6.45) is 0. The van der Waals surface area contributed by atoms with Crippen LogP contribution in [0.15, 0.2) is 48.5 Å². The third kappa shape index (κ3) is 4.04. The fraction of sp³-hybridized carbons (Fsp3) is 0.0714. The SMILES string of the molecule is O=C(O)c1ccccc1NS(=O)(=O)Cc1ccccc1[N+](=O)[O-]. The van der Waals surface area contributed by atoms with Gasteiger partial charge in [-0.25, -0.2) is 13.2 Å². The Morgan fingerprint density at radius 3 is 2.39 bits per heavy atom. The maximum atomic E-state index is 12.2. The zero-order valence-electron chi connectivity index (χ0n) is 11.7. The summed E-state index contributed by atoms with van der Waals surface area (Å²) in [5.41, 5.74) is -0.612. The van der Waals surface area contributed by atoms with Crippen molar-refractivity contribution in [3.63, 3.8) is 0 Å². The van der Waals surface area contributed by atoms with Crippen molar-refractivity contribution in [2.75, 3.05) is 4.72 Å². The van der Waals surface area contributed by atoms with E-state index in [0.29, 0.717) is 0 Å². The Kier molecular flexibility index (Phi) is 4.60. The number of anilines is 1. The fourth-order valence-corrected chi connectivity index (χ4v) is 3.22. The number of nitro benzene ring substituents is 1. The number of rotatable bonds is 6. The number of nitrogens with one attached hydrogen (secondary N) is 1. The van der Waals surface area contributed by atoms with Gasteiger partial charge in [0.25, 0.3) is 5.69 Å². The third-order valence-corrected chi connectivity index (χ3v) is 4.18. The van der Waals surface area contributed by atoms with Crippen molar-refractivity contribution in [3.8, 4) is 0 Å². The predicted molar refractivity (Wildman–Crippen MR) is 82.7 cm³/mol. The number of sulfonamides is 1. The normalized spacial score (nSPS) is 11.0. The van der Waals surface area contributed by atoms with Gasteiger partial charge in [0.15, 0.2) is 0 Å². The van der Waals surface area contributed by atoms with Crippen LogP contribution in [0, 0.1) is 10.1 Å². The van der Waals surface area contributed by atoms with Crippen LogP contribution in [-0.2, 0) is 15.8 Å².